The second-order valence-electron chi connectivity index (χ2n) is 6.51. The number of amides is 1. The molecule has 0 bridgehead atoms. The van der Waals surface area contributed by atoms with Crippen LogP contribution in [-0.2, 0) is 30.4 Å². The van der Waals surface area contributed by atoms with Gasteiger partial charge in [-0.2, -0.15) is 0 Å². The number of carbonyl (C=O) groups is 4. The number of nitrogen functional groups attached to an aromatic ring is 1. The van der Waals surface area contributed by atoms with E-state index in [9.17, 15) is 19.2 Å². The number of esters is 3. The van der Waals surface area contributed by atoms with E-state index >= 15 is 0 Å². The van der Waals surface area contributed by atoms with E-state index in [-0.39, 0.29) is 33.5 Å². The van der Waals surface area contributed by atoms with Crippen LogP contribution in [0.5, 0.6) is 0 Å². The highest BCUT2D eigenvalue weighted by atomic mass is 32.2. The van der Waals surface area contributed by atoms with Crippen molar-refractivity contribution in [2.75, 3.05) is 25.7 Å². The van der Waals surface area contributed by atoms with Gasteiger partial charge in [0.1, 0.15) is 28.1 Å². The van der Waals surface area contributed by atoms with Gasteiger partial charge in [0.25, 0.3) is 0 Å². The summed E-state index contributed by atoms with van der Waals surface area (Å²) >= 11 is 2.40. The van der Waals surface area contributed by atoms with Crippen LogP contribution in [0.3, 0.4) is 0 Å². The molecule has 1 amide bonds. The molecule has 0 saturated carbocycles. The molecule has 2 fully saturated rings. The van der Waals surface area contributed by atoms with Gasteiger partial charge in [-0.25, -0.2) is 14.4 Å². The van der Waals surface area contributed by atoms with E-state index in [1.54, 1.807) is 16.7 Å². The number of hydrogen-bond donors (Lipinski definition) is 1. The van der Waals surface area contributed by atoms with E-state index in [2.05, 4.69) is 0 Å². The zero-order chi connectivity index (χ0) is 20.6. The van der Waals surface area contributed by atoms with Crippen LogP contribution in [-0.4, -0.2) is 59.6 Å². The first-order valence-corrected chi connectivity index (χ1v) is 10.2. The molecule has 2 atom stereocenters. The number of carbonyl (C=O) groups excluding carboxylic acids is 4. The number of thiophene rings is 1. The molecule has 0 spiro atoms. The molecule has 3 rings (SSSR count). The zero-order valence-corrected chi connectivity index (χ0v) is 17.2. The van der Waals surface area contributed by atoms with Crippen LogP contribution in [0.2, 0.25) is 0 Å². The Kier molecular flexibility index (Phi) is 5.57. The van der Waals surface area contributed by atoms with Crippen molar-refractivity contribution in [3.05, 3.63) is 16.0 Å². The summed E-state index contributed by atoms with van der Waals surface area (Å²) in [7, 11) is 2.38. The molecule has 2 aliphatic heterocycles. The van der Waals surface area contributed by atoms with Crippen molar-refractivity contribution in [2.45, 2.75) is 37.3 Å². The maximum absolute atomic E-state index is 12.7. The van der Waals surface area contributed by atoms with E-state index in [1.807, 2.05) is 6.92 Å². The van der Waals surface area contributed by atoms with Crippen LogP contribution in [0.15, 0.2) is 0 Å². The Bertz CT molecular complexity index is 853. The number of methoxy groups -OCH3 is 2. The Morgan fingerprint density at radius 1 is 1.25 bits per heavy atom. The van der Waals surface area contributed by atoms with Gasteiger partial charge < -0.3 is 24.8 Å². The van der Waals surface area contributed by atoms with Crippen molar-refractivity contribution in [3.63, 3.8) is 0 Å². The molecule has 9 nitrogen and oxygen atoms in total. The average molecular weight is 428 g/mol. The molecule has 2 N–H and O–H groups in total. The van der Waals surface area contributed by atoms with Gasteiger partial charge in [-0.1, -0.05) is 0 Å². The minimum atomic E-state index is -0.742. The largest absolute Gasteiger partial charge is 0.465 e. The molecule has 152 valence electrons. The lowest BCUT2D eigenvalue weighted by Gasteiger charge is -2.29. The summed E-state index contributed by atoms with van der Waals surface area (Å²) in [4.78, 5) is 50.2. The highest BCUT2D eigenvalue weighted by Gasteiger charge is 2.53. The third-order valence-electron chi connectivity index (χ3n) is 4.87. The number of nitrogens with two attached hydrogens (primary N) is 1. The first-order chi connectivity index (χ1) is 13.2. The third-order valence-corrected chi connectivity index (χ3v) is 7.42. The van der Waals surface area contributed by atoms with Crippen LogP contribution in [0.1, 0.15) is 45.4 Å². The molecule has 0 aromatic carbocycles. The summed E-state index contributed by atoms with van der Waals surface area (Å²) in [6.45, 7) is 1.57. The number of hydrogen-bond acceptors (Lipinski definition) is 10. The van der Waals surface area contributed by atoms with Gasteiger partial charge >= 0.3 is 17.9 Å². The Labute approximate surface area is 169 Å². The summed E-state index contributed by atoms with van der Waals surface area (Å²) in [5.74, 6) is -1.69. The topological polar surface area (TPSA) is 125 Å². The van der Waals surface area contributed by atoms with Crippen molar-refractivity contribution in [3.8, 4) is 0 Å². The first kappa shape index (κ1) is 20.5. The molecule has 1 aromatic rings. The van der Waals surface area contributed by atoms with Gasteiger partial charge in [0.15, 0.2) is 0 Å². The Hall–Kier alpha value is -2.27. The maximum Gasteiger partial charge on any atom is 0.348 e. The molecule has 0 unspecified atom stereocenters. The third kappa shape index (κ3) is 3.32. The predicted octanol–water partition coefficient (Wildman–Crippen LogP) is 1.40. The summed E-state index contributed by atoms with van der Waals surface area (Å²) in [5, 5.41) is 0.0667. The highest BCUT2D eigenvalue weighted by Crippen LogP contribution is 2.47. The molecule has 0 radical (unpaired) electrons. The van der Waals surface area contributed by atoms with Gasteiger partial charge in [0.2, 0.25) is 5.91 Å². The van der Waals surface area contributed by atoms with Crippen LogP contribution in [0.25, 0.3) is 0 Å². The van der Waals surface area contributed by atoms with E-state index in [0.29, 0.717) is 18.6 Å². The van der Waals surface area contributed by atoms with E-state index in [4.69, 9.17) is 19.9 Å². The van der Waals surface area contributed by atoms with E-state index < -0.39 is 28.8 Å². The molecule has 11 heteroatoms. The highest BCUT2D eigenvalue weighted by molar-refractivity contribution is 8.01. The van der Waals surface area contributed by atoms with Gasteiger partial charge in [0, 0.05) is 17.7 Å². The lowest BCUT2D eigenvalue weighted by Crippen LogP contribution is -2.46. The lowest BCUT2D eigenvalue weighted by molar-refractivity contribution is -0.154. The van der Waals surface area contributed by atoms with Gasteiger partial charge in [0.05, 0.1) is 19.1 Å². The van der Waals surface area contributed by atoms with Gasteiger partial charge in [-0.05, 0) is 13.3 Å². The number of anilines is 1. The average Bonchev–Trinajstić information content (AvgIpc) is 3.29. The van der Waals surface area contributed by atoms with E-state index in [1.165, 1.54) is 14.2 Å². The molecule has 1 aromatic heterocycles. The lowest BCUT2D eigenvalue weighted by atomic mass is 10.1. The quantitative estimate of drug-likeness (QED) is 0.547. The second-order valence-corrected chi connectivity index (χ2v) is 9.06. The zero-order valence-electron chi connectivity index (χ0n) is 15.6. The summed E-state index contributed by atoms with van der Waals surface area (Å²) in [5.41, 5.74) is 5.97. The van der Waals surface area contributed by atoms with Crippen LogP contribution in [0.4, 0.5) is 5.00 Å². The second kappa shape index (κ2) is 7.63. The molecule has 0 aliphatic carbocycles. The fourth-order valence-corrected chi connectivity index (χ4v) is 5.84. The monoisotopic (exact) mass is 428 g/mol. The molecule has 2 aliphatic rings. The molecule has 28 heavy (non-hydrogen) atoms. The van der Waals surface area contributed by atoms with Crippen molar-refractivity contribution < 1.29 is 33.4 Å². The van der Waals surface area contributed by atoms with Gasteiger partial charge in [-0.3, -0.25) is 4.79 Å². The first-order valence-electron chi connectivity index (χ1n) is 8.44. The molecular formula is C17H20N2O7S2. The summed E-state index contributed by atoms with van der Waals surface area (Å²) < 4.78 is 14.8. The van der Waals surface area contributed by atoms with Crippen molar-refractivity contribution in [1.82, 2.24) is 4.90 Å². The number of thioether (sulfide) groups is 1. The number of nitrogens with zero attached hydrogens (tertiary/aromatic N) is 1. The Balaban J connectivity index is 1.82. The van der Waals surface area contributed by atoms with Crippen molar-refractivity contribution in [2.24, 2.45) is 0 Å². The SMILES string of the molecule is COC(=O)c1sc(N)c(C(=O)OC)c1COC(=O)[C@@H]1CS[C@]2(C)CCC(=O)N12. The van der Waals surface area contributed by atoms with Crippen LogP contribution in [0, 0.1) is 0 Å². The minimum absolute atomic E-state index is 0.0245. The standard InChI is InChI=1S/C17H20N2O7S2/c1-17-5-4-10(20)19(17)9(7-27-17)14(21)26-6-8-11(15(22)24-2)13(18)28-12(8)16(23)25-3/h9H,4-7,18H2,1-3H3/t9-,17+/m0/s1. The fraction of sp³-hybridized carbons (Fsp3) is 0.529. The summed E-state index contributed by atoms with van der Waals surface area (Å²) in [6, 6.07) is -0.705. The number of fused-ring (bicyclic) bond motifs is 1. The number of ether oxygens (including phenoxy) is 3. The van der Waals surface area contributed by atoms with Crippen molar-refractivity contribution in [1.29, 1.82) is 0 Å². The predicted molar refractivity (Wildman–Crippen MR) is 102 cm³/mol. The molecule has 3 heterocycles. The smallest absolute Gasteiger partial charge is 0.348 e. The van der Waals surface area contributed by atoms with E-state index in [0.717, 1.165) is 11.3 Å². The molecular weight excluding hydrogens is 408 g/mol. The Morgan fingerprint density at radius 2 is 1.93 bits per heavy atom. The van der Waals surface area contributed by atoms with Crippen LogP contribution >= 0.6 is 23.1 Å². The van der Waals surface area contributed by atoms with Crippen molar-refractivity contribution >= 4 is 51.9 Å². The number of rotatable bonds is 5. The van der Waals surface area contributed by atoms with Gasteiger partial charge in [-0.15, -0.1) is 23.1 Å². The Morgan fingerprint density at radius 3 is 2.57 bits per heavy atom. The summed E-state index contributed by atoms with van der Waals surface area (Å²) in [6.07, 6.45) is 1.08. The molecule has 2 saturated heterocycles. The van der Waals surface area contributed by atoms with Crippen LogP contribution < -0.4 is 5.73 Å². The minimum Gasteiger partial charge on any atom is -0.465 e. The fourth-order valence-electron chi connectivity index (χ4n) is 3.44. The maximum atomic E-state index is 12.7. The normalized spacial score (nSPS) is 23.5.